The molecule has 1 aromatic rings. The first-order valence-corrected chi connectivity index (χ1v) is 5.22. The van der Waals surface area contributed by atoms with E-state index in [1.165, 1.54) is 18.4 Å². The first kappa shape index (κ1) is 9.46. The zero-order valence-electron chi connectivity index (χ0n) is 8.49. The Kier molecular flexibility index (Phi) is 2.99. The Morgan fingerprint density at radius 3 is 3.07 bits per heavy atom. The van der Waals surface area contributed by atoms with Gasteiger partial charge in [0, 0.05) is 18.3 Å². The lowest BCUT2D eigenvalue weighted by Gasteiger charge is -2.10. The van der Waals surface area contributed by atoms with E-state index < -0.39 is 0 Å². The van der Waals surface area contributed by atoms with Crippen molar-refractivity contribution in [1.29, 1.82) is 0 Å². The van der Waals surface area contributed by atoms with Crippen LogP contribution in [0.3, 0.4) is 0 Å². The second-order valence-corrected chi connectivity index (χ2v) is 3.51. The third-order valence-corrected chi connectivity index (χ3v) is 2.51. The Morgan fingerprint density at radius 1 is 1.57 bits per heavy atom. The van der Waals surface area contributed by atoms with Crippen molar-refractivity contribution in [3.8, 4) is 5.88 Å². The summed E-state index contributed by atoms with van der Waals surface area (Å²) in [6, 6.07) is 4.54. The zero-order valence-corrected chi connectivity index (χ0v) is 8.49. The molecule has 1 fully saturated rings. The summed E-state index contributed by atoms with van der Waals surface area (Å²) in [7, 11) is 0. The lowest BCUT2D eigenvalue weighted by Crippen LogP contribution is -2.12. The number of hydrogen-bond donors (Lipinski definition) is 1. The summed E-state index contributed by atoms with van der Waals surface area (Å²) < 4.78 is 5.29. The van der Waals surface area contributed by atoms with Gasteiger partial charge < -0.3 is 10.1 Å². The topological polar surface area (TPSA) is 34.1 Å². The normalized spacial score (nSPS) is 21.1. The van der Waals surface area contributed by atoms with Gasteiger partial charge in [-0.15, -0.1) is 0 Å². The average Bonchev–Trinajstić information content (AvgIpc) is 2.72. The minimum absolute atomic E-state index is 0.498. The monoisotopic (exact) mass is 192 g/mol. The molecule has 1 N–H and O–H groups in total. The van der Waals surface area contributed by atoms with Crippen LogP contribution in [-0.2, 0) is 0 Å². The van der Waals surface area contributed by atoms with Gasteiger partial charge in [0.1, 0.15) is 0 Å². The highest BCUT2D eigenvalue weighted by Crippen LogP contribution is 2.23. The van der Waals surface area contributed by atoms with E-state index in [9.17, 15) is 0 Å². The zero-order chi connectivity index (χ0) is 9.80. The van der Waals surface area contributed by atoms with Crippen molar-refractivity contribution >= 4 is 0 Å². The molecule has 1 aliphatic heterocycles. The molecule has 0 aromatic carbocycles. The maximum atomic E-state index is 5.29. The molecule has 1 aromatic heterocycles. The SMILES string of the molecule is CCOc1ccc([C@H]2CCCN2)cn1. The summed E-state index contributed by atoms with van der Waals surface area (Å²) in [5, 5.41) is 3.44. The van der Waals surface area contributed by atoms with Crippen LogP contribution in [-0.4, -0.2) is 18.1 Å². The Labute approximate surface area is 84.5 Å². The number of aromatic nitrogens is 1. The first-order chi connectivity index (χ1) is 6.90. The molecule has 0 spiro atoms. The van der Waals surface area contributed by atoms with E-state index in [2.05, 4.69) is 16.4 Å². The van der Waals surface area contributed by atoms with Crippen molar-refractivity contribution in [3.05, 3.63) is 23.9 Å². The van der Waals surface area contributed by atoms with Crippen LogP contribution in [0.1, 0.15) is 31.4 Å². The molecule has 2 heterocycles. The van der Waals surface area contributed by atoms with Gasteiger partial charge in [0.15, 0.2) is 0 Å². The van der Waals surface area contributed by atoms with Crippen LogP contribution in [0.2, 0.25) is 0 Å². The maximum absolute atomic E-state index is 5.29. The second-order valence-electron chi connectivity index (χ2n) is 3.51. The van der Waals surface area contributed by atoms with Crippen molar-refractivity contribution in [2.24, 2.45) is 0 Å². The van der Waals surface area contributed by atoms with Gasteiger partial charge in [0.2, 0.25) is 5.88 Å². The van der Waals surface area contributed by atoms with E-state index in [0.717, 1.165) is 6.54 Å². The number of nitrogens with zero attached hydrogens (tertiary/aromatic N) is 1. The summed E-state index contributed by atoms with van der Waals surface area (Å²) in [5.74, 6) is 0.717. The molecule has 0 bridgehead atoms. The van der Waals surface area contributed by atoms with Crippen LogP contribution in [0, 0.1) is 0 Å². The lowest BCUT2D eigenvalue weighted by molar-refractivity contribution is 0.326. The van der Waals surface area contributed by atoms with Crippen LogP contribution < -0.4 is 10.1 Å². The van der Waals surface area contributed by atoms with E-state index in [4.69, 9.17) is 4.74 Å². The van der Waals surface area contributed by atoms with E-state index in [-0.39, 0.29) is 0 Å². The minimum Gasteiger partial charge on any atom is -0.478 e. The standard InChI is InChI=1S/C11H16N2O/c1-2-14-11-6-5-9(8-13-11)10-4-3-7-12-10/h5-6,8,10,12H,2-4,7H2,1H3/t10-/m1/s1. The van der Waals surface area contributed by atoms with Gasteiger partial charge in [0.25, 0.3) is 0 Å². The van der Waals surface area contributed by atoms with E-state index in [1.54, 1.807) is 0 Å². The van der Waals surface area contributed by atoms with Crippen molar-refractivity contribution in [3.63, 3.8) is 0 Å². The van der Waals surface area contributed by atoms with Crippen molar-refractivity contribution < 1.29 is 4.74 Å². The molecule has 76 valence electrons. The van der Waals surface area contributed by atoms with Gasteiger partial charge in [-0.1, -0.05) is 6.07 Å². The Morgan fingerprint density at radius 2 is 2.50 bits per heavy atom. The second kappa shape index (κ2) is 4.42. The predicted octanol–water partition coefficient (Wildman–Crippen LogP) is 1.90. The molecule has 0 radical (unpaired) electrons. The van der Waals surface area contributed by atoms with Crippen LogP contribution in [0.25, 0.3) is 0 Å². The van der Waals surface area contributed by atoms with E-state index in [0.29, 0.717) is 18.5 Å². The largest absolute Gasteiger partial charge is 0.478 e. The highest BCUT2D eigenvalue weighted by atomic mass is 16.5. The molecule has 0 unspecified atom stereocenters. The number of hydrogen-bond acceptors (Lipinski definition) is 3. The Hall–Kier alpha value is -1.09. The molecule has 3 heteroatoms. The van der Waals surface area contributed by atoms with Gasteiger partial charge in [0.05, 0.1) is 6.61 Å². The molecule has 1 aliphatic rings. The highest BCUT2D eigenvalue weighted by molar-refractivity contribution is 5.21. The lowest BCUT2D eigenvalue weighted by atomic mass is 10.1. The fraction of sp³-hybridized carbons (Fsp3) is 0.545. The molecule has 2 rings (SSSR count). The molecule has 1 atom stereocenters. The van der Waals surface area contributed by atoms with Crippen LogP contribution in [0.15, 0.2) is 18.3 Å². The molecular weight excluding hydrogens is 176 g/mol. The number of pyridine rings is 1. The van der Waals surface area contributed by atoms with Gasteiger partial charge in [-0.3, -0.25) is 0 Å². The summed E-state index contributed by atoms with van der Waals surface area (Å²) >= 11 is 0. The number of rotatable bonds is 3. The molecular formula is C11H16N2O. The minimum atomic E-state index is 0.498. The summed E-state index contributed by atoms with van der Waals surface area (Å²) in [6.45, 7) is 3.76. The average molecular weight is 192 g/mol. The molecule has 0 amide bonds. The molecule has 14 heavy (non-hydrogen) atoms. The van der Waals surface area contributed by atoms with Crippen LogP contribution in [0.4, 0.5) is 0 Å². The quantitative estimate of drug-likeness (QED) is 0.794. The highest BCUT2D eigenvalue weighted by Gasteiger charge is 2.15. The smallest absolute Gasteiger partial charge is 0.213 e. The third kappa shape index (κ3) is 2.04. The molecule has 3 nitrogen and oxygen atoms in total. The molecule has 0 aliphatic carbocycles. The van der Waals surface area contributed by atoms with Gasteiger partial charge >= 0.3 is 0 Å². The Bertz CT molecular complexity index is 278. The van der Waals surface area contributed by atoms with E-state index >= 15 is 0 Å². The van der Waals surface area contributed by atoms with Crippen LogP contribution in [0.5, 0.6) is 5.88 Å². The maximum Gasteiger partial charge on any atom is 0.213 e. The van der Waals surface area contributed by atoms with Crippen molar-refractivity contribution in [2.75, 3.05) is 13.2 Å². The fourth-order valence-electron chi connectivity index (χ4n) is 1.80. The molecule has 1 saturated heterocycles. The Balaban J connectivity index is 2.05. The number of ether oxygens (including phenoxy) is 1. The van der Waals surface area contributed by atoms with Gasteiger partial charge in [-0.2, -0.15) is 0 Å². The van der Waals surface area contributed by atoms with E-state index in [1.807, 2.05) is 19.2 Å². The van der Waals surface area contributed by atoms with Gasteiger partial charge in [-0.05, 0) is 31.9 Å². The predicted molar refractivity (Wildman–Crippen MR) is 55.4 cm³/mol. The first-order valence-electron chi connectivity index (χ1n) is 5.22. The number of nitrogens with one attached hydrogen (secondary N) is 1. The summed E-state index contributed by atoms with van der Waals surface area (Å²) in [5.41, 5.74) is 1.27. The van der Waals surface area contributed by atoms with Crippen molar-refractivity contribution in [2.45, 2.75) is 25.8 Å². The molecule has 0 saturated carbocycles. The third-order valence-electron chi connectivity index (χ3n) is 2.51. The van der Waals surface area contributed by atoms with Crippen LogP contribution >= 0.6 is 0 Å². The fourth-order valence-corrected chi connectivity index (χ4v) is 1.80. The van der Waals surface area contributed by atoms with Crippen molar-refractivity contribution in [1.82, 2.24) is 10.3 Å². The summed E-state index contributed by atoms with van der Waals surface area (Å²) in [4.78, 5) is 4.25. The summed E-state index contributed by atoms with van der Waals surface area (Å²) in [6.07, 6.45) is 4.39. The van der Waals surface area contributed by atoms with Gasteiger partial charge in [-0.25, -0.2) is 4.98 Å².